The lowest BCUT2D eigenvalue weighted by atomic mass is 10.2. The predicted octanol–water partition coefficient (Wildman–Crippen LogP) is 1.01. The molecule has 1 aliphatic carbocycles. The number of thiophene rings is 1. The molecule has 7 heteroatoms. The number of carbonyl (C=O) groups is 2. The van der Waals surface area contributed by atoms with Crippen molar-refractivity contribution in [2.45, 2.75) is 25.8 Å². The minimum atomic E-state index is -0.282. The monoisotopic (exact) mass is 282 g/mol. The molecule has 0 saturated heterocycles. The summed E-state index contributed by atoms with van der Waals surface area (Å²) < 4.78 is 0. The first-order valence-corrected chi connectivity index (χ1v) is 7.09. The summed E-state index contributed by atoms with van der Waals surface area (Å²) in [6.45, 7) is 2.58. The van der Waals surface area contributed by atoms with E-state index >= 15 is 0 Å². The van der Waals surface area contributed by atoms with Crippen molar-refractivity contribution in [3.63, 3.8) is 0 Å². The van der Waals surface area contributed by atoms with Gasteiger partial charge < -0.3 is 21.7 Å². The first-order chi connectivity index (χ1) is 9.08. The first-order valence-electron chi connectivity index (χ1n) is 6.27. The van der Waals surface area contributed by atoms with Crippen molar-refractivity contribution in [1.82, 2.24) is 10.6 Å². The van der Waals surface area contributed by atoms with Gasteiger partial charge in [0.2, 0.25) is 0 Å². The van der Waals surface area contributed by atoms with Gasteiger partial charge in [-0.15, -0.1) is 11.3 Å². The SMILES string of the molecule is CCNc1sc(C(=O)NC2CC2)c(N)c1C(=O)NC. The van der Waals surface area contributed by atoms with Crippen LogP contribution in [-0.4, -0.2) is 31.4 Å². The van der Waals surface area contributed by atoms with Crippen LogP contribution in [-0.2, 0) is 0 Å². The number of carbonyl (C=O) groups excluding carboxylic acids is 2. The van der Waals surface area contributed by atoms with Crippen LogP contribution < -0.4 is 21.7 Å². The van der Waals surface area contributed by atoms with Crippen molar-refractivity contribution in [3.8, 4) is 0 Å². The third-order valence-corrected chi connectivity index (χ3v) is 4.02. The van der Waals surface area contributed by atoms with Gasteiger partial charge in [-0.05, 0) is 19.8 Å². The van der Waals surface area contributed by atoms with Crippen molar-refractivity contribution in [2.24, 2.45) is 0 Å². The molecule has 19 heavy (non-hydrogen) atoms. The highest BCUT2D eigenvalue weighted by Crippen LogP contribution is 2.36. The fourth-order valence-electron chi connectivity index (χ4n) is 1.73. The Morgan fingerprint density at radius 3 is 2.58 bits per heavy atom. The van der Waals surface area contributed by atoms with E-state index in [4.69, 9.17) is 5.73 Å². The summed E-state index contributed by atoms with van der Waals surface area (Å²) in [5.74, 6) is -0.477. The molecule has 0 spiro atoms. The maximum absolute atomic E-state index is 12.1. The molecule has 1 aromatic rings. The molecule has 1 aromatic heterocycles. The second-order valence-electron chi connectivity index (χ2n) is 4.41. The third-order valence-electron chi connectivity index (χ3n) is 2.86. The maximum atomic E-state index is 12.1. The number of hydrogen-bond donors (Lipinski definition) is 4. The Bertz CT molecular complexity index is 508. The van der Waals surface area contributed by atoms with E-state index in [1.54, 1.807) is 7.05 Å². The third kappa shape index (κ3) is 2.81. The average molecular weight is 282 g/mol. The molecule has 0 aromatic carbocycles. The lowest BCUT2D eigenvalue weighted by Gasteiger charge is -2.04. The van der Waals surface area contributed by atoms with Gasteiger partial charge in [0.15, 0.2) is 0 Å². The van der Waals surface area contributed by atoms with Gasteiger partial charge in [0.05, 0.1) is 11.3 Å². The van der Waals surface area contributed by atoms with E-state index in [2.05, 4.69) is 16.0 Å². The molecule has 1 aliphatic rings. The highest BCUT2D eigenvalue weighted by molar-refractivity contribution is 7.19. The van der Waals surface area contributed by atoms with Crippen LogP contribution in [0, 0.1) is 0 Å². The fraction of sp³-hybridized carbons (Fsp3) is 0.500. The molecule has 1 saturated carbocycles. The van der Waals surface area contributed by atoms with E-state index in [0.29, 0.717) is 22.0 Å². The number of nitrogens with one attached hydrogen (secondary N) is 3. The van der Waals surface area contributed by atoms with Crippen molar-refractivity contribution in [2.75, 3.05) is 24.6 Å². The maximum Gasteiger partial charge on any atom is 0.263 e. The van der Waals surface area contributed by atoms with E-state index < -0.39 is 0 Å². The van der Waals surface area contributed by atoms with Crippen LogP contribution in [0.1, 0.15) is 39.8 Å². The van der Waals surface area contributed by atoms with Crippen molar-refractivity contribution >= 4 is 33.8 Å². The summed E-state index contributed by atoms with van der Waals surface area (Å²) in [5.41, 5.74) is 6.56. The van der Waals surface area contributed by atoms with Gasteiger partial charge in [-0.2, -0.15) is 0 Å². The van der Waals surface area contributed by atoms with Crippen LogP contribution in [0.3, 0.4) is 0 Å². The van der Waals surface area contributed by atoms with E-state index in [1.165, 1.54) is 11.3 Å². The van der Waals surface area contributed by atoms with Crippen LogP contribution in [0.15, 0.2) is 0 Å². The van der Waals surface area contributed by atoms with Gasteiger partial charge in [0.25, 0.3) is 11.8 Å². The molecule has 0 bridgehead atoms. The number of anilines is 2. The zero-order chi connectivity index (χ0) is 14.0. The van der Waals surface area contributed by atoms with E-state index in [-0.39, 0.29) is 23.5 Å². The van der Waals surface area contributed by atoms with E-state index in [1.807, 2.05) is 6.92 Å². The smallest absolute Gasteiger partial charge is 0.263 e. The topological polar surface area (TPSA) is 96.2 Å². The van der Waals surface area contributed by atoms with Crippen LogP contribution in [0.2, 0.25) is 0 Å². The summed E-state index contributed by atoms with van der Waals surface area (Å²) in [4.78, 5) is 24.3. The second-order valence-corrected chi connectivity index (χ2v) is 5.43. The number of amides is 2. The Balaban J connectivity index is 2.32. The van der Waals surface area contributed by atoms with Crippen LogP contribution in [0.25, 0.3) is 0 Å². The van der Waals surface area contributed by atoms with E-state index in [9.17, 15) is 9.59 Å². The molecule has 1 heterocycles. The number of nitrogens with two attached hydrogens (primary N) is 1. The summed E-state index contributed by atoms with van der Waals surface area (Å²) in [7, 11) is 1.54. The average Bonchev–Trinajstić information content (AvgIpc) is 3.13. The Kier molecular flexibility index (Phi) is 3.94. The predicted molar refractivity (Wildman–Crippen MR) is 76.8 cm³/mol. The quantitative estimate of drug-likeness (QED) is 0.648. The van der Waals surface area contributed by atoms with Gasteiger partial charge in [-0.3, -0.25) is 9.59 Å². The fourth-order valence-corrected chi connectivity index (χ4v) is 2.82. The molecule has 0 radical (unpaired) electrons. The molecule has 6 nitrogen and oxygen atoms in total. The highest BCUT2D eigenvalue weighted by atomic mass is 32.1. The van der Waals surface area contributed by atoms with E-state index in [0.717, 1.165) is 12.8 Å². The minimum Gasteiger partial charge on any atom is -0.397 e. The van der Waals surface area contributed by atoms with Gasteiger partial charge in [-0.25, -0.2) is 0 Å². The number of hydrogen-bond acceptors (Lipinski definition) is 5. The standard InChI is InChI=1S/C12H18N4O2S/c1-3-15-12-7(10(17)14-2)8(13)9(19-12)11(18)16-6-4-5-6/h6,15H,3-5,13H2,1-2H3,(H,14,17)(H,16,18). The van der Waals surface area contributed by atoms with Crippen molar-refractivity contribution < 1.29 is 9.59 Å². The highest BCUT2D eigenvalue weighted by Gasteiger charge is 2.29. The normalized spacial score (nSPS) is 14.0. The van der Waals surface area contributed by atoms with Gasteiger partial charge >= 0.3 is 0 Å². The molecule has 5 N–H and O–H groups in total. The molecule has 2 amide bonds. The van der Waals surface area contributed by atoms with Gasteiger partial charge in [-0.1, -0.05) is 0 Å². The Morgan fingerprint density at radius 2 is 2.05 bits per heavy atom. The molecule has 1 fully saturated rings. The molecular formula is C12H18N4O2S. The molecule has 0 atom stereocenters. The molecule has 104 valence electrons. The number of rotatable bonds is 5. The summed E-state index contributed by atoms with van der Waals surface area (Å²) in [6.07, 6.45) is 2.03. The Labute approximate surface area is 115 Å². The zero-order valence-corrected chi connectivity index (χ0v) is 11.8. The van der Waals surface area contributed by atoms with Crippen LogP contribution in [0.4, 0.5) is 10.7 Å². The van der Waals surface area contributed by atoms with Gasteiger partial charge in [0, 0.05) is 19.6 Å². The number of nitrogen functional groups attached to an aromatic ring is 1. The first kappa shape index (κ1) is 13.7. The molecular weight excluding hydrogens is 264 g/mol. The Morgan fingerprint density at radius 1 is 1.37 bits per heavy atom. The Hall–Kier alpha value is -1.76. The second kappa shape index (κ2) is 5.48. The largest absolute Gasteiger partial charge is 0.397 e. The van der Waals surface area contributed by atoms with Crippen LogP contribution in [0.5, 0.6) is 0 Å². The summed E-state index contributed by atoms with van der Waals surface area (Å²) >= 11 is 1.22. The summed E-state index contributed by atoms with van der Waals surface area (Å²) in [5, 5.41) is 9.14. The van der Waals surface area contributed by atoms with Crippen LogP contribution >= 0.6 is 11.3 Å². The molecule has 0 aliphatic heterocycles. The minimum absolute atomic E-state index is 0.195. The van der Waals surface area contributed by atoms with Crippen molar-refractivity contribution in [3.05, 3.63) is 10.4 Å². The summed E-state index contributed by atoms with van der Waals surface area (Å²) in [6, 6.07) is 0.264. The lowest BCUT2D eigenvalue weighted by molar-refractivity contribution is 0.0955. The lowest BCUT2D eigenvalue weighted by Crippen LogP contribution is -2.25. The van der Waals surface area contributed by atoms with Gasteiger partial charge in [0.1, 0.15) is 9.88 Å². The molecule has 2 rings (SSSR count). The molecule has 0 unspecified atom stereocenters. The van der Waals surface area contributed by atoms with Crippen molar-refractivity contribution in [1.29, 1.82) is 0 Å². The zero-order valence-electron chi connectivity index (χ0n) is 11.0.